The van der Waals surface area contributed by atoms with E-state index in [0.717, 1.165) is 11.4 Å². The molecule has 0 radical (unpaired) electrons. The van der Waals surface area contributed by atoms with Gasteiger partial charge in [-0.3, -0.25) is 0 Å². The zero-order valence-corrected chi connectivity index (χ0v) is 13.7. The molecule has 0 amide bonds. The van der Waals surface area contributed by atoms with Crippen molar-refractivity contribution in [2.75, 3.05) is 5.32 Å². The van der Waals surface area contributed by atoms with Crippen LogP contribution in [0.4, 0.5) is 11.4 Å². The summed E-state index contributed by atoms with van der Waals surface area (Å²) in [7, 11) is 0. The molecular formula is C23H19N. The summed E-state index contributed by atoms with van der Waals surface area (Å²) < 4.78 is 0. The molecule has 3 rings (SSSR count). The molecule has 0 fully saturated rings. The molecule has 1 nitrogen and oxygen atoms in total. The van der Waals surface area contributed by atoms with Crippen LogP contribution in [0, 0.1) is 12.3 Å². The minimum atomic E-state index is 1.07. The number of hydrogen-bond donors (Lipinski definition) is 1. The van der Waals surface area contributed by atoms with Crippen molar-refractivity contribution in [1.29, 1.82) is 0 Å². The number of allylic oxidation sites excluding steroid dienone is 4. The minimum Gasteiger partial charge on any atom is -0.356 e. The normalized spacial score (nSPS) is 11.6. The summed E-state index contributed by atoms with van der Waals surface area (Å²) in [6, 6.07) is 23.2. The Hall–Kier alpha value is -3.24. The number of hydrogen-bond acceptors (Lipinski definition) is 1. The molecule has 0 saturated carbocycles. The van der Waals surface area contributed by atoms with Gasteiger partial charge < -0.3 is 5.32 Å². The standard InChI is InChI=1S/C23H19N/c1-3-4-5-8-18(2)19-11-14-22(15-12-19)24-23-16-13-20-9-6-7-10-21(20)17-23/h1,4-17,24H,2H3/b5-4-,18-8+. The van der Waals surface area contributed by atoms with Crippen molar-refractivity contribution in [1.82, 2.24) is 0 Å². The Morgan fingerprint density at radius 2 is 1.62 bits per heavy atom. The van der Waals surface area contributed by atoms with Crippen molar-refractivity contribution in [3.05, 3.63) is 90.5 Å². The Morgan fingerprint density at radius 1 is 0.917 bits per heavy atom. The molecule has 0 aliphatic rings. The van der Waals surface area contributed by atoms with Crippen LogP contribution in [-0.4, -0.2) is 0 Å². The largest absolute Gasteiger partial charge is 0.356 e. The van der Waals surface area contributed by atoms with Gasteiger partial charge in [0.15, 0.2) is 0 Å². The van der Waals surface area contributed by atoms with E-state index in [1.807, 2.05) is 12.2 Å². The van der Waals surface area contributed by atoms with E-state index in [-0.39, 0.29) is 0 Å². The van der Waals surface area contributed by atoms with Crippen LogP contribution in [0.2, 0.25) is 0 Å². The van der Waals surface area contributed by atoms with Gasteiger partial charge in [-0.25, -0.2) is 0 Å². The number of fused-ring (bicyclic) bond motifs is 1. The molecule has 0 aliphatic carbocycles. The van der Waals surface area contributed by atoms with Gasteiger partial charge >= 0.3 is 0 Å². The minimum absolute atomic E-state index is 1.07. The molecule has 0 saturated heterocycles. The van der Waals surface area contributed by atoms with E-state index in [0.29, 0.717) is 0 Å². The first-order chi connectivity index (χ1) is 11.8. The maximum atomic E-state index is 5.21. The van der Waals surface area contributed by atoms with Crippen LogP contribution < -0.4 is 5.32 Å². The molecule has 3 aromatic rings. The topological polar surface area (TPSA) is 12.0 Å². The Labute approximate surface area is 143 Å². The lowest BCUT2D eigenvalue weighted by atomic mass is 10.1. The summed E-state index contributed by atoms with van der Waals surface area (Å²) in [5, 5.41) is 5.94. The van der Waals surface area contributed by atoms with Crippen LogP contribution in [0.5, 0.6) is 0 Å². The van der Waals surface area contributed by atoms with Crippen LogP contribution in [0.25, 0.3) is 16.3 Å². The van der Waals surface area contributed by atoms with Crippen LogP contribution in [-0.2, 0) is 0 Å². The van der Waals surface area contributed by atoms with Gasteiger partial charge in [-0.2, -0.15) is 0 Å². The first kappa shape index (κ1) is 15.6. The third kappa shape index (κ3) is 3.74. The monoisotopic (exact) mass is 309 g/mol. The Kier molecular flexibility index (Phi) is 4.79. The molecule has 3 aromatic carbocycles. The summed E-state index contributed by atoms with van der Waals surface area (Å²) in [6.07, 6.45) is 10.8. The summed E-state index contributed by atoms with van der Waals surface area (Å²) in [6.45, 7) is 2.08. The summed E-state index contributed by atoms with van der Waals surface area (Å²) in [5.41, 5.74) is 4.52. The molecular weight excluding hydrogens is 290 g/mol. The molecule has 1 N–H and O–H groups in total. The lowest BCUT2D eigenvalue weighted by Crippen LogP contribution is -1.90. The van der Waals surface area contributed by atoms with Crippen LogP contribution in [0.15, 0.2) is 85.0 Å². The molecule has 0 spiro atoms. The first-order valence-corrected chi connectivity index (χ1v) is 7.92. The third-order valence-corrected chi connectivity index (χ3v) is 3.92. The fourth-order valence-corrected chi connectivity index (χ4v) is 2.59. The number of terminal acetylenes is 1. The lowest BCUT2D eigenvalue weighted by molar-refractivity contribution is 1.52. The van der Waals surface area contributed by atoms with Gasteiger partial charge in [-0.05, 0) is 59.2 Å². The van der Waals surface area contributed by atoms with Crippen molar-refractivity contribution >= 4 is 27.7 Å². The summed E-state index contributed by atoms with van der Waals surface area (Å²) in [4.78, 5) is 0. The second kappa shape index (κ2) is 7.35. The SMILES string of the molecule is C#C/C=C\C=C(/C)c1ccc(Nc2ccc3ccccc3c2)cc1. The average molecular weight is 309 g/mol. The van der Waals surface area contributed by atoms with E-state index in [4.69, 9.17) is 6.42 Å². The van der Waals surface area contributed by atoms with Gasteiger partial charge in [-0.15, -0.1) is 6.42 Å². The van der Waals surface area contributed by atoms with Gasteiger partial charge in [-0.1, -0.05) is 60.5 Å². The molecule has 0 atom stereocenters. The Bertz CT molecular complexity index is 938. The molecule has 0 heterocycles. The maximum Gasteiger partial charge on any atom is 0.0390 e. The van der Waals surface area contributed by atoms with E-state index in [1.54, 1.807) is 6.08 Å². The number of rotatable bonds is 4. The highest BCUT2D eigenvalue weighted by Crippen LogP contribution is 2.23. The first-order valence-electron chi connectivity index (χ1n) is 7.92. The number of benzene rings is 3. The third-order valence-electron chi connectivity index (χ3n) is 3.92. The van der Waals surface area contributed by atoms with Crippen LogP contribution in [0.1, 0.15) is 12.5 Å². The Morgan fingerprint density at radius 3 is 2.38 bits per heavy atom. The van der Waals surface area contributed by atoms with Gasteiger partial charge in [0, 0.05) is 11.4 Å². The zero-order valence-electron chi connectivity index (χ0n) is 13.7. The van der Waals surface area contributed by atoms with Gasteiger partial charge in [0.1, 0.15) is 0 Å². The van der Waals surface area contributed by atoms with E-state index in [1.165, 1.54) is 21.9 Å². The van der Waals surface area contributed by atoms with Crippen molar-refractivity contribution in [3.8, 4) is 12.3 Å². The second-order valence-corrected chi connectivity index (χ2v) is 5.64. The van der Waals surface area contributed by atoms with Gasteiger partial charge in [0.05, 0.1) is 0 Å². The number of nitrogens with one attached hydrogen (secondary N) is 1. The molecule has 0 aliphatic heterocycles. The van der Waals surface area contributed by atoms with E-state index < -0.39 is 0 Å². The van der Waals surface area contributed by atoms with Crippen LogP contribution in [0.3, 0.4) is 0 Å². The average Bonchev–Trinajstić information content (AvgIpc) is 2.62. The predicted molar refractivity (Wildman–Crippen MR) is 105 cm³/mol. The fraction of sp³-hybridized carbons (Fsp3) is 0.0435. The predicted octanol–water partition coefficient (Wildman–Crippen LogP) is 6.18. The molecule has 24 heavy (non-hydrogen) atoms. The van der Waals surface area contributed by atoms with Crippen molar-refractivity contribution in [2.45, 2.75) is 6.92 Å². The quantitative estimate of drug-likeness (QED) is 0.448. The Balaban J connectivity index is 1.77. The zero-order chi connectivity index (χ0) is 16.8. The van der Waals surface area contributed by atoms with Crippen molar-refractivity contribution < 1.29 is 0 Å². The maximum absolute atomic E-state index is 5.21. The van der Waals surface area contributed by atoms with E-state index >= 15 is 0 Å². The van der Waals surface area contributed by atoms with Crippen molar-refractivity contribution in [2.24, 2.45) is 0 Å². The molecule has 1 heteroatoms. The summed E-state index contributed by atoms with van der Waals surface area (Å²) >= 11 is 0. The summed E-state index contributed by atoms with van der Waals surface area (Å²) in [5.74, 6) is 2.49. The highest BCUT2D eigenvalue weighted by atomic mass is 14.9. The lowest BCUT2D eigenvalue weighted by Gasteiger charge is -2.09. The molecule has 0 aromatic heterocycles. The highest BCUT2D eigenvalue weighted by Gasteiger charge is 1.99. The molecule has 116 valence electrons. The molecule has 0 unspecified atom stereocenters. The fourth-order valence-electron chi connectivity index (χ4n) is 2.59. The molecule has 0 bridgehead atoms. The van der Waals surface area contributed by atoms with Gasteiger partial charge in [0.2, 0.25) is 0 Å². The number of anilines is 2. The highest BCUT2D eigenvalue weighted by molar-refractivity contribution is 5.86. The smallest absolute Gasteiger partial charge is 0.0390 e. The van der Waals surface area contributed by atoms with Gasteiger partial charge in [0.25, 0.3) is 0 Å². The second-order valence-electron chi connectivity index (χ2n) is 5.64. The van der Waals surface area contributed by atoms with E-state index in [9.17, 15) is 0 Å². The van der Waals surface area contributed by atoms with Crippen LogP contribution >= 0.6 is 0 Å². The van der Waals surface area contributed by atoms with Crippen molar-refractivity contribution in [3.63, 3.8) is 0 Å². The van der Waals surface area contributed by atoms with E-state index in [2.05, 4.69) is 84.9 Å².